The lowest BCUT2D eigenvalue weighted by Gasteiger charge is -2.55. The van der Waals surface area contributed by atoms with E-state index in [0.717, 1.165) is 34.7 Å². The van der Waals surface area contributed by atoms with E-state index < -0.39 is 18.2 Å². The third-order valence-corrected chi connectivity index (χ3v) is 8.46. The van der Waals surface area contributed by atoms with Crippen LogP contribution in [0.1, 0.15) is 24.1 Å². The van der Waals surface area contributed by atoms with Gasteiger partial charge in [0, 0.05) is 26.6 Å². The van der Waals surface area contributed by atoms with Crippen LogP contribution >= 0.6 is 0 Å². The van der Waals surface area contributed by atoms with Gasteiger partial charge in [0.25, 0.3) is 0 Å². The third-order valence-electron chi connectivity index (χ3n) is 8.46. The van der Waals surface area contributed by atoms with Crippen molar-refractivity contribution in [2.45, 2.75) is 39.1 Å². The number of phenols is 1. The van der Waals surface area contributed by atoms with Crippen molar-refractivity contribution >= 4 is 23.5 Å². The second kappa shape index (κ2) is 13.8. The molecule has 2 saturated heterocycles. The van der Waals surface area contributed by atoms with Crippen molar-refractivity contribution in [2.75, 3.05) is 44.7 Å². The molecule has 46 heavy (non-hydrogen) atoms. The zero-order valence-electron chi connectivity index (χ0n) is 25.1. The molecule has 11 heteroatoms. The summed E-state index contributed by atoms with van der Waals surface area (Å²) in [6.07, 6.45) is 5.10. The second-order valence-corrected chi connectivity index (χ2v) is 11.5. The Balaban J connectivity index is 0.00000417. The highest BCUT2D eigenvalue weighted by molar-refractivity contribution is 5.91. The number of likely N-dealkylation sites (N-methyl/N-ethyl adjacent to an activating group) is 1. The van der Waals surface area contributed by atoms with E-state index in [-0.39, 0.29) is 64.1 Å². The minimum atomic E-state index is -0.877. The van der Waals surface area contributed by atoms with Crippen molar-refractivity contribution in [3.05, 3.63) is 89.5 Å². The summed E-state index contributed by atoms with van der Waals surface area (Å²) in [6.45, 7) is 1.89. The van der Waals surface area contributed by atoms with E-state index in [1.165, 1.54) is 9.91 Å². The third kappa shape index (κ3) is 6.57. The van der Waals surface area contributed by atoms with E-state index >= 15 is 0 Å². The molecule has 11 nitrogen and oxygen atoms in total. The molecule has 0 radical (unpaired) electrons. The van der Waals surface area contributed by atoms with E-state index in [2.05, 4.69) is 16.1 Å². The fraction of sp³-hybridized carbons (Fsp3) is 0.343. The lowest BCUT2D eigenvalue weighted by molar-refractivity contribution is -0.189. The van der Waals surface area contributed by atoms with Gasteiger partial charge in [-0.05, 0) is 41.0 Å². The average Bonchev–Trinajstić information content (AvgIpc) is 3.03. The molecule has 3 aliphatic rings. The minimum absolute atomic E-state index is 0. The number of ether oxygens (including phenoxy) is 1. The zero-order valence-corrected chi connectivity index (χ0v) is 25.1. The highest BCUT2D eigenvalue weighted by Gasteiger charge is 2.51. The molecular weight excluding hydrogens is 584 g/mol. The summed E-state index contributed by atoms with van der Waals surface area (Å²) >= 11 is 0. The number of terminal acetylenes is 1. The summed E-state index contributed by atoms with van der Waals surface area (Å²) in [5.41, 5.74) is 3.55. The monoisotopic (exact) mass is 624 g/mol. The van der Waals surface area contributed by atoms with Crippen LogP contribution in [0.2, 0.25) is 0 Å². The summed E-state index contributed by atoms with van der Waals surface area (Å²) in [4.78, 5) is 47.2. The van der Waals surface area contributed by atoms with Crippen molar-refractivity contribution in [2.24, 2.45) is 0 Å². The van der Waals surface area contributed by atoms with Crippen LogP contribution < -0.4 is 15.0 Å². The molecule has 0 aromatic heterocycles. The summed E-state index contributed by atoms with van der Waals surface area (Å²) < 4.78 is 5.91. The van der Waals surface area contributed by atoms with Crippen LogP contribution in [0.25, 0.3) is 0 Å². The highest BCUT2D eigenvalue weighted by Crippen LogP contribution is 2.33. The Hall–Kier alpha value is -5.21. The number of carbonyl (C=O) groups is 3. The number of hydrogen-bond donors (Lipinski definition) is 2. The smallest absolute Gasteiger partial charge is 0.334 e. The number of nitrogens with one attached hydrogen (secondary N) is 1. The average molecular weight is 625 g/mol. The van der Waals surface area contributed by atoms with Gasteiger partial charge in [-0.25, -0.2) is 9.80 Å². The maximum atomic E-state index is 14.2. The van der Waals surface area contributed by atoms with Crippen LogP contribution in [-0.4, -0.2) is 94.8 Å². The van der Waals surface area contributed by atoms with Gasteiger partial charge in [0.2, 0.25) is 11.8 Å². The fourth-order valence-electron chi connectivity index (χ4n) is 6.21. The fourth-order valence-corrected chi connectivity index (χ4v) is 6.21. The lowest BCUT2D eigenvalue weighted by atomic mass is 9.98. The number of piperazine rings is 1. The molecule has 240 valence electrons. The number of aromatic hydroxyl groups is 1. The van der Waals surface area contributed by atoms with Gasteiger partial charge >= 0.3 is 6.03 Å². The predicted molar refractivity (Wildman–Crippen MR) is 175 cm³/mol. The molecule has 3 aromatic rings. The molecule has 0 aliphatic carbocycles. The molecule has 4 amide bonds. The normalized spacial score (nSPS) is 19.4. The number of carbonyl (C=O) groups excluding carboxylic acids is 3. The maximum Gasteiger partial charge on any atom is 0.334 e. The standard InChI is InChI=1S/C34H36N6O5.CH4/c1-3-15-38-23-32(42)39-29(18-24-9-12-27(41)13-10-24)33(43)37(21-26-11-14-28-30(19-26)45-17-16-36(28)2)22-31(39)40(38)34(44)35-20-25-7-5-4-6-8-25;/h1,4-14,19,29,31,41H,15-18,20-23H2,2H3,(H,35,44);1H4/t29-,31-;/m0./s1. The number of benzene rings is 3. The number of phenolic OH excluding ortho intramolecular Hbond substituents is 1. The van der Waals surface area contributed by atoms with Gasteiger partial charge in [0.15, 0.2) is 0 Å². The molecule has 0 unspecified atom stereocenters. The van der Waals surface area contributed by atoms with E-state index in [4.69, 9.17) is 11.2 Å². The summed E-state index contributed by atoms with van der Waals surface area (Å²) in [6, 6.07) is 20.7. The molecule has 3 heterocycles. The number of hydrogen-bond acceptors (Lipinski definition) is 7. The van der Waals surface area contributed by atoms with Crippen molar-refractivity contribution in [1.29, 1.82) is 0 Å². The van der Waals surface area contributed by atoms with Crippen LogP contribution in [0.15, 0.2) is 72.8 Å². The summed E-state index contributed by atoms with van der Waals surface area (Å²) in [7, 11) is 2.01. The molecule has 3 aromatic carbocycles. The number of nitrogens with zero attached hydrogens (tertiary/aromatic N) is 5. The Kier molecular flexibility index (Phi) is 9.68. The van der Waals surface area contributed by atoms with Crippen molar-refractivity contribution in [1.82, 2.24) is 25.1 Å². The minimum Gasteiger partial charge on any atom is -0.508 e. The first-order valence-corrected chi connectivity index (χ1v) is 15.0. The molecule has 6 rings (SSSR count). The second-order valence-electron chi connectivity index (χ2n) is 11.5. The van der Waals surface area contributed by atoms with Gasteiger partial charge in [0.05, 0.1) is 31.9 Å². The molecular formula is C35H40N6O5. The van der Waals surface area contributed by atoms with Crippen LogP contribution in [-0.2, 0) is 29.1 Å². The zero-order chi connectivity index (χ0) is 31.5. The maximum absolute atomic E-state index is 14.2. The van der Waals surface area contributed by atoms with Crippen molar-refractivity contribution in [3.8, 4) is 23.8 Å². The van der Waals surface area contributed by atoms with Crippen LogP contribution in [0.3, 0.4) is 0 Å². The molecule has 0 bridgehead atoms. The number of fused-ring (bicyclic) bond motifs is 2. The largest absolute Gasteiger partial charge is 0.508 e. The first-order chi connectivity index (χ1) is 21.8. The Bertz CT molecular complexity index is 1610. The summed E-state index contributed by atoms with van der Waals surface area (Å²) in [5.74, 6) is 2.92. The van der Waals surface area contributed by atoms with Gasteiger partial charge in [-0.2, -0.15) is 5.01 Å². The molecule has 3 aliphatic heterocycles. The molecule has 0 saturated carbocycles. The van der Waals surface area contributed by atoms with Gasteiger partial charge in [-0.1, -0.05) is 61.9 Å². The number of urea groups is 1. The van der Waals surface area contributed by atoms with Gasteiger partial charge in [-0.15, -0.1) is 6.42 Å². The molecule has 2 fully saturated rings. The van der Waals surface area contributed by atoms with Crippen LogP contribution in [0, 0.1) is 12.3 Å². The predicted octanol–water partition coefficient (Wildman–Crippen LogP) is 3.04. The van der Waals surface area contributed by atoms with E-state index in [9.17, 15) is 19.5 Å². The van der Waals surface area contributed by atoms with Gasteiger partial charge in [-0.3, -0.25) is 9.59 Å². The Morgan fingerprint density at radius 2 is 1.78 bits per heavy atom. The molecule has 2 atom stereocenters. The number of anilines is 1. The van der Waals surface area contributed by atoms with Crippen molar-refractivity contribution in [3.63, 3.8) is 0 Å². The quantitative estimate of drug-likeness (QED) is 0.389. The topological polar surface area (TPSA) is 109 Å². The molecule has 0 spiro atoms. The SMILES string of the molecule is C.C#CCN1CC(=O)N2[C@@H](Cc3ccc(O)cc3)C(=O)N(Cc3ccc4c(c3)OCCN4C)C[C@@H]2N1C(=O)NCc1ccccc1. The van der Waals surface area contributed by atoms with Crippen LogP contribution in [0.4, 0.5) is 10.5 Å². The number of hydrazine groups is 1. The highest BCUT2D eigenvalue weighted by atomic mass is 16.5. The van der Waals surface area contributed by atoms with E-state index in [1.807, 2.05) is 55.6 Å². The Morgan fingerprint density at radius 3 is 2.52 bits per heavy atom. The number of amides is 4. The lowest BCUT2D eigenvalue weighted by Crippen LogP contribution is -2.76. The Morgan fingerprint density at radius 1 is 1.04 bits per heavy atom. The van der Waals surface area contributed by atoms with E-state index in [0.29, 0.717) is 6.61 Å². The first-order valence-electron chi connectivity index (χ1n) is 15.0. The summed E-state index contributed by atoms with van der Waals surface area (Å²) in [5, 5.41) is 15.9. The molecule has 2 N–H and O–H groups in total. The van der Waals surface area contributed by atoms with Crippen LogP contribution in [0.5, 0.6) is 11.5 Å². The van der Waals surface area contributed by atoms with Gasteiger partial charge in [0.1, 0.15) is 30.3 Å². The first kappa shape index (κ1) is 32.2. The van der Waals surface area contributed by atoms with E-state index in [1.54, 1.807) is 34.2 Å². The van der Waals surface area contributed by atoms with Crippen molar-refractivity contribution < 1.29 is 24.2 Å². The number of rotatable bonds is 7. The van der Waals surface area contributed by atoms with Gasteiger partial charge < -0.3 is 29.9 Å². The Labute approximate surface area is 269 Å².